The van der Waals surface area contributed by atoms with E-state index < -0.39 is 0 Å². The average Bonchev–Trinajstić information content (AvgIpc) is 3.44. The van der Waals surface area contributed by atoms with E-state index in [1.54, 1.807) is 31.4 Å². The number of fused-ring (bicyclic) bond motifs is 1. The van der Waals surface area contributed by atoms with E-state index >= 15 is 0 Å². The maximum absolute atomic E-state index is 13.4. The third kappa shape index (κ3) is 6.17. The van der Waals surface area contributed by atoms with Crippen LogP contribution in [0.4, 0.5) is 0 Å². The van der Waals surface area contributed by atoms with Crippen LogP contribution in [0, 0.1) is 10.8 Å². The highest BCUT2D eigenvalue weighted by atomic mass is 16.5. The Hall–Kier alpha value is -4.59. The number of aliphatic imine (C=N–C) groups is 1. The van der Waals surface area contributed by atoms with Gasteiger partial charge in [0, 0.05) is 29.2 Å². The first-order chi connectivity index (χ1) is 20.2. The van der Waals surface area contributed by atoms with E-state index in [4.69, 9.17) is 24.6 Å². The lowest BCUT2D eigenvalue weighted by Gasteiger charge is -2.18. The topological polar surface area (TPSA) is 107 Å². The van der Waals surface area contributed by atoms with Gasteiger partial charge in [0.1, 0.15) is 23.8 Å². The number of hydrogen-bond acceptors (Lipinski definition) is 8. The first-order valence-corrected chi connectivity index (χ1v) is 14.2. The molecule has 0 saturated heterocycles. The number of benzene rings is 2. The summed E-state index contributed by atoms with van der Waals surface area (Å²) in [5, 5.41) is 9.55. The molecule has 2 aromatic carbocycles. The summed E-state index contributed by atoms with van der Waals surface area (Å²) in [5.74, 6) is 1.76. The first kappa shape index (κ1) is 28.9. The van der Waals surface area contributed by atoms with Crippen molar-refractivity contribution < 1.29 is 19.0 Å². The Morgan fingerprint density at radius 1 is 1.10 bits per heavy atom. The zero-order valence-electron chi connectivity index (χ0n) is 24.7. The predicted molar refractivity (Wildman–Crippen MR) is 165 cm³/mol. The van der Waals surface area contributed by atoms with Crippen LogP contribution in [0.25, 0.3) is 10.9 Å². The van der Waals surface area contributed by atoms with Crippen LogP contribution in [0.1, 0.15) is 46.1 Å². The quantitative estimate of drug-likeness (QED) is 0.265. The van der Waals surface area contributed by atoms with Crippen molar-refractivity contribution in [2.24, 2.45) is 10.4 Å². The number of hydrogen-bond donors (Lipinski definition) is 1. The van der Waals surface area contributed by atoms with Crippen LogP contribution in [0.15, 0.2) is 83.2 Å². The molecule has 3 aromatic rings. The van der Waals surface area contributed by atoms with E-state index in [0.717, 1.165) is 29.7 Å². The van der Waals surface area contributed by atoms with Gasteiger partial charge in [-0.3, -0.25) is 15.2 Å². The summed E-state index contributed by atoms with van der Waals surface area (Å²) in [6.45, 7) is 8.67. The molecule has 42 heavy (non-hydrogen) atoms. The summed E-state index contributed by atoms with van der Waals surface area (Å²) in [6, 6.07) is 10.6. The Kier molecular flexibility index (Phi) is 8.34. The number of nitrogens with zero attached hydrogens (tertiary/aromatic N) is 3. The zero-order valence-corrected chi connectivity index (χ0v) is 24.7. The van der Waals surface area contributed by atoms with Crippen molar-refractivity contribution in [2.45, 2.75) is 53.0 Å². The van der Waals surface area contributed by atoms with Crippen molar-refractivity contribution in [1.29, 1.82) is 5.41 Å². The number of aromatic nitrogens is 2. The lowest BCUT2D eigenvalue weighted by molar-refractivity contribution is -0.112. The molecule has 1 aromatic heterocycles. The molecule has 5 rings (SSSR count). The van der Waals surface area contributed by atoms with Gasteiger partial charge in [-0.05, 0) is 55.2 Å². The summed E-state index contributed by atoms with van der Waals surface area (Å²) < 4.78 is 17.3. The number of ether oxygens (including phenoxy) is 3. The van der Waals surface area contributed by atoms with Crippen LogP contribution >= 0.6 is 0 Å². The molecule has 8 heteroatoms. The SMILES string of the molecule is CCOc1cc2c(Oc3cccc(CC(=O)C(=N)C4=CC(C(C)(C)C)=NC4C4=CCCC=C4)c3)ncnc2cc1OC. The van der Waals surface area contributed by atoms with Crippen LogP contribution < -0.4 is 14.2 Å². The van der Waals surface area contributed by atoms with E-state index in [2.05, 4.69) is 49.0 Å². The highest BCUT2D eigenvalue weighted by molar-refractivity contribution is 6.46. The number of ketones is 1. The summed E-state index contributed by atoms with van der Waals surface area (Å²) >= 11 is 0. The molecule has 216 valence electrons. The van der Waals surface area contributed by atoms with Gasteiger partial charge < -0.3 is 14.2 Å². The molecular formula is C34H36N4O4. The standard InChI is InChI=1S/C34H36N4O4/c1-6-41-29-17-24-26(19-28(29)40-5)36-20-37-33(24)42-23-14-10-11-21(15-23)16-27(39)31(35)25-18-30(34(2,3)4)38-32(25)22-12-8-7-9-13-22/h8,10-15,17-20,32,35H,6-7,9,16H2,1-5H3. The number of Topliss-reactive ketones (excluding diaryl/α,β-unsaturated/α-hetero) is 1. The van der Waals surface area contributed by atoms with Crippen LogP contribution in [0.5, 0.6) is 23.1 Å². The van der Waals surface area contributed by atoms with Gasteiger partial charge >= 0.3 is 0 Å². The van der Waals surface area contributed by atoms with Crippen molar-refractivity contribution in [3.8, 4) is 23.1 Å². The van der Waals surface area contributed by atoms with Gasteiger partial charge in [-0.1, -0.05) is 51.1 Å². The fraction of sp³-hybridized carbons (Fsp3) is 0.324. The largest absolute Gasteiger partial charge is 0.493 e. The van der Waals surface area contributed by atoms with Gasteiger partial charge in [-0.25, -0.2) is 9.97 Å². The Morgan fingerprint density at radius 3 is 2.64 bits per heavy atom. The molecule has 1 aliphatic carbocycles. The summed E-state index contributed by atoms with van der Waals surface area (Å²) in [7, 11) is 1.58. The molecule has 2 aliphatic rings. The smallest absolute Gasteiger partial charge is 0.230 e. The lowest BCUT2D eigenvalue weighted by atomic mass is 9.87. The molecular weight excluding hydrogens is 528 g/mol. The van der Waals surface area contributed by atoms with Gasteiger partial charge in [-0.15, -0.1) is 0 Å². The molecule has 1 N–H and O–H groups in total. The van der Waals surface area contributed by atoms with Crippen molar-refractivity contribution >= 4 is 28.1 Å². The molecule has 0 bridgehead atoms. The van der Waals surface area contributed by atoms with Crippen molar-refractivity contribution in [3.63, 3.8) is 0 Å². The summed E-state index contributed by atoms with van der Waals surface area (Å²) in [5.41, 5.74) is 3.80. The Bertz CT molecular complexity index is 1660. The molecule has 0 fully saturated rings. The Labute approximate surface area is 246 Å². The maximum atomic E-state index is 13.4. The summed E-state index contributed by atoms with van der Waals surface area (Å²) in [6.07, 6.45) is 11.7. The highest BCUT2D eigenvalue weighted by Crippen LogP contribution is 2.36. The third-order valence-corrected chi connectivity index (χ3v) is 7.19. The van der Waals surface area contributed by atoms with Crippen LogP contribution in [-0.2, 0) is 11.2 Å². The molecule has 0 amide bonds. The van der Waals surface area contributed by atoms with Crippen LogP contribution in [0.3, 0.4) is 0 Å². The predicted octanol–water partition coefficient (Wildman–Crippen LogP) is 7.03. The number of carbonyl (C=O) groups excluding carboxylic acids is 1. The highest BCUT2D eigenvalue weighted by Gasteiger charge is 2.33. The lowest BCUT2D eigenvalue weighted by Crippen LogP contribution is -2.24. The number of allylic oxidation sites excluding steroid dienone is 3. The zero-order chi connectivity index (χ0) is 29.9. The molecule has 1 atom stereocenters. The normalized spacial score (nSPS) is 16.5. The second kappa shape index (κ2) is 12.1. The van der Waals surface area contributed by atoms with Gasteiger partial charge in [0.15, 0.2) is 17.3 Å². The first-order valence-electron chi connectivity index (χ1n) is 14.2. The minimum absolute atomic E-state index is 0.00612. The molecule has 2 heterocycles. The summed E-state index contributed by atoms with van der Waals surface area (Å²) in [4.78, 5) is 27.1. The Balaban J connectivity index is 1.36. The average molecular weight is 565 g/mol. The van der Waals surface area contributed by atoms with Crippen LogP contribution in [0.2, 0.25) is 0 Å². The monoisotopic (exact) mass is 564 g/mol. The number of carbonyl (C=O) groups is 1. The second-order valence-electron chi connectivity index (χ2n) is 11.3. The van der Waals surface area contributed by atoms with Crippen LogP contribution in [-0.4, -0.2) is 46.9 Å². The van der Waals surface area contributed by atoms with Crippen molar-refractivity contribution in [1.82, 2.24) is 9.97 Å². The van der Waals surface area contributed by atoms with E-state index in [1.165, 1.54) is 6.33 Å². The molecule has 1 aliphatic heterocycles. The molecule has 0 spiro atoms. The van der Waals surface area contributed by atoms with E-state index in [9.17, 15) is 4.79 Å². The number of nitrogens with one attached hydrogen (secondary N) is 1. The van der Waals surface area contributed by atoms with Crippen molar-refractivity contribution in [3.05, 3.63) is 83.7 Å². The number of rotatable bonds is 10. The Morgan fingerprint density at radius 2 is 1.93 bits per heavy atom. The molecule has 1 unspecified atom stereocenters. The van der Waals surface area contributed by atoms with Gasteiger partial charge in [-0.2, -0.15) is 0 Å². The van der Waals surface area contributed by atoms with E-state index in [1.807, 2.05) is 25.1 Å². The fourth-order valence-corrected chi connectivity index (χ4v) is 5.00. The van der Waals surface area contributed by atoms with Gasteiger partial charge in [0.25, 0.3) is 0 Å². The van der Waals surface area contributed by atoms with E-state index in [-0.39, 0.29) is 29.4 Å². The van der Waals surface area contributed by atoms with Gasteiger partial charge in [0.2, 0.25) is 5.88 Å². The third-order valence-electron chi connectivity index (χ3n) is 7.19. The minimum atomic E-state index is -0.326. The molecule has 8 nitrogen and oxygen atoms in total. The maximum Gasteiger partial charge on any atom is 0.230 e. The minimum Gasteiger partial charge on any atom is -0.493 e. The number of methoxy groups -OCH3 is 1. The molecule has 0 saturated carbocycles. The van der Waals surface area contributed by atoms with E-state index in [0.29, 0.717) is 46.2 Å². The van der Waals surface area contributed by atoms with Gasteiger partial charge in [0.05, 0.1) is 24.6 Å². The van der Waals surface area contributed by atoms with Crippen molar-refractivity contribution in [2.75, 3.05) is 13.7 Å². The molecule has 0 radical (unpaired) electrons. The fourth-order valence-electron chi connectivity index (χ4n) is 5.00. The second-order valence-corrected chi connectivity index (χ2v) is 11.3.